The highest BCUT2D eigenvalue weighted by molar-refractivity contribution is 14.1. The molecule has 0 spiro atoms. The molecule has 15 heavy (non-hydrogen) atoms. The van der Waals surface area contributed by atoms with E-state index >= 15 is 0 Å². The van der Waals surface area contributed by atoms with Gasteiger partial charge in [-0.3, -0.25) is 0 Å². The number of hydrogen-bond donors (Lipinski definition) is 0. The van der Waals surface area contributed by atoms with E-state index in [1.54, 1.807) is 11.8 Å². The summed E-state index contributed by atoms with van der Waals surface area (Å²) in [5.74, 6) is 0.719. The van der Waals surface area contributed by atoms with Gasteiger partial charge in [0.25, 0.3) is 0 Å². The Morgan fingerprint density at radius 3 is 2.80 bits per heavy atom. The number of hydrogen-bond acceptors (Lipinski definition) is 3. The van der Waals surface area contributed by atoms with Crippen LogP contribution in [0.1, 0.15) is 24.2 Å². The fraction of sp³-hybridized carbons (Fsp3) is 0.364. The maximum atomic E-state index is 11.6. The predicted molar refractivity (Wildman–Crippen MR) is 71.5 cm³/mol. The number of carbonyl (C=O) groups is 1. The molecular weight excluding hydrogens is 323 g/mol. The quantitative estimate of drug-likeness (QED) is 0.478. The van der Waals surface area contributed by atoms with Crippen LogP contribution in [-0.2, 0) is 4.74 Å². The van der Waals surface area contributed by atoms with Crippen molar-refractivity contribution < 1.29 is 9.53 Å². The van der Waals surface area contributed by atoms with E-state index in [0.29, 0.717) is 12.2 Å². The van der Waals surface area contributed by atoms with E-state index in [1.807, 2.05) is 25.1 Å². The van der Waals surface area contributed by atoms with Gasteiger partial charge in [0.15, 0.2) is 0 Å². The molecule has 0 atom stereocenters. The van der Waals surface area contributed by atoms with Crippen LogP contribution in [0, 0.1) is 3.57 Å². The zero-order valence-corrected chi connectivity index (χ0v) is 11.7. The summed E-state index contributed by atoms with van der Waals surface area (Å²) in [6, 6.07) is 5.77. The Labute approximate surface area is 108 Å². The van der Waals surface area contributed by atoms with Gasteiger partial charge in [-0.05, 0) is 53.5 Å². The molecule has 0 N–H and O–H groups in total. The van der Waals surface area contributed by atoms with E-state index in [4.69, 9.17) is 4.74 Å². The first-order valence-electron chi connectivity index (χ1n) is 4.78. The van der Waals surface area contributed by atoms with Crippen LogP contribution in [-0.4, -0.2) is 18.3 Å². The van der Waals surface area contributed by atoms with Crippen LogP contribution >= 0.6 is 34.4 Å². The van der Waals surface area contributed by atoms with Gasteiger partial charge in [0.2, 0.25) is 0 Å². The highest BCUT2D eigenvalue weighted by Gasteiger charge is 2.12. The van der Waals surface area contributed by atoms with E-state index < -0.39 is 0 Å². The Kier molecular flexibility index (Phi) is 5.45. The standard InChI is InChI=1S/C11H13IO2S/c1-3-14-11(13)9-6-5-8(12)7-10(9)15-4-2/h5-7H,3-4H2,1-2H3. The molecule has 0 unspecified atom stereocenters. The van der Waals surface area contributed by atoms with E-state index in [9.17, 15) is 4.79 Å². The molecule has 0 heterocycles. The fourth-order valence-corrected chi connectivity index (χ4v) is 2.68. The molecule has 0 bridgehead atoms. The van der Waals surface area contributed by atoms with Crippen molar-refractivity contribution in [2.45, 2.75) is 18.7 Å². The van der Waals surface area contributed by atoms with Crippen LogP contribution in [0.15, 0.2) is 23.1 Å². The molecule has 0 amide bonds. The van der Waals surface area contributed by atoms with Crippen LogP contribution in [0.3, 0.4) is 0 Å². The van der Waals surface area contributed by atoms with Crippen LogP contribution in [0.25, 0.3) is 0 Å². The van der Waals surface area contributed by atoms with Gasteiger partial charge in [-0.1, -0.05) is 6.92 Å². The van der Waals surface area contributed by atoms with Crippen LogP contribution < -0.4 is 0 Å². The second-order valence-electron chi connectivity index (χ2n) is 2.79. The molecule has 82 valence electrons. The Bertz CT molecular complexity index is 352. The average molecular weight is 336 g/mol. The van der Waals surface area contributed by atoms with Gasteiger partial charge < -0.3 is 4.74 Å². The predicted octanol–water partition coefficient (Wildman–Crippen LogP) is 3.58. The number of rotatable bonds is 4. The molecule has 0 saturated heterocycles. The Balaban J connectivity index is 2.99. The maximum absolute atomic E-state index is 11.6. The molecule has 1 rings (SSSR count). The van der Waals surface area contributed by atoms with Crippen LogP contribution in [0.4, 0.5) is 0 Å². The summed E-state index contributed by atoms with van der Waals surface area (Å²) in [6.45, 7) is 4.30. The third kappa shape index (κ3) is 3.68. The largest absolute Gasteiger partial charge is 0.462 e. The highest BCUT2D eigenvalue weighted by atomic mass is 127. The molecule has 0 fully saturated rings. The van der Waals surface area contributed by atoms with Gasteiger partial charge in [-0.25, -0.2) is 4.79 Å². The number of carbonyl (C=O) groups excluding carboxylic acids is 1. The minimum absolute atomic E-state index is 0.232. The van der Waals surface area contributed by atoms with Gasteiger partial charge in [-0.15, -0.1) is 11.8 Å². The second kappa shape index (κ2) is 6.37. The maximum Gasteiger partial charge on any atom is 0.339 e. The average Bonchev–Trinajstić information content (AvgIpc) is 2.18. The van der Waals surface area contributed by atoms with Crippen molar-refractivity contribution in [3.8, 4) is 0 Å². The molecule has 1 aromatic rings. The minimum atomic E-state index is -0.232. The van der Waals surface area contributed by atoms with Crippen molar-refractivity contribution in [1.82, 2.24) is 0 Å². The number of halogens is 1. The molecule has 0 aliphatic heterocycles. The summed E-state index contributed by atoms with van der Waals surface area (Å²) >= 11 is 3.91. The van der Waals surface area contributed by atoms with Gasteiger partial charge in [0.1, 0.15) is 0 Å². The lowest BCUT2D eigenvalue weighted by atomic mass is 10.2. The fourth-order valence-electron chi connectivity index (χ4n) is 1.15. The van der Waals surface area contributed by atoms with Crippen molar-refractivity contribution in [3.05, 3.63) is 27.3 Å². The summed E-state index contributed by atoms with van der Waals surface area (Å²) in [4.78, 5) is 12.6. The zero-order chi connectivity index (χ0) is 11.3. The Morgan fingerprint density at radius 1 is 1.47 bits per heavy atom. The first-order chi connectivity index (χ1) is 7.19. The second-order valence-corrected chi connectivity index (χ2v) is 5.35. The molecule has 0 radical (unpaired) electrons. The molecule has 0 aliphatic carbocycles. The van der Waals surface area contributed by atoms with Crippen molar-refractivity contribution in [2.24, 2.45) is 0 Å². The van der Waals surface area contributed by atoms with Crippen LogP contribution in [0.5, 0.6) is 0 Å². The molecule has 0 saturated carbocycles. The first-order valence-corrected chi connectivity index (χ1v) is 6.85. The van der Waals surface area contributed by atoms with Gasteiger partial charge >= 0.3 is 5.97 Å². The third-order valence-corrected chi connectivity index (χ3v) is 3.35. The van der Waals surface area contributed by atoms with Crippen LogP contribution in [0.2, 0.25) is 0 Å². The molecule has 0 aliphatic rings. The lowest BCUT2D eigenvalue weighted by Crippen LogP contribution is -2.06. The molecule has 0 aromatic heterocycles. The van der Waals surface area contributed by atoms with Crippen molar-refractivity contribution in [3.63, 3.8) is 0 Å². The Hall–Kier alpha value is -0.230. The van der Waals surface area contributed by atoms with E-state index in [0.717, 1.165) is 14.2 Å². The molecular formula is C11H13IO2S. The van der Waals surface area contributed by atoms with Crippen molar-refractivity contribution >= 4 is 40.3 Å². The summed E-state index contributed by atoms with van der Waals surface area (Å²) in [5.41, 5.74) is 0.670. The monoisotopic (exact) mass is 336 g/mol. The summed E-state index contributed by atoms with van der Waals surface area (Å²) in [5, 5.41) is 0. The SMILES string of the molecule is CCOC(=O)c1ccc(I)cc1SCC. The van der Waals surface area contributed by atoms with E-state index in [1.165, 1.54) is 0 Å². The van der Waals surface area contributed by atoms with E-state index in [-0.39, 0.29) is 5.97 Å². The number of benzene rings is 1. The Morgan fingerprint density at radius 2 is 2.20 bits per heavy atom. The lowest BCUT2D eigenvalue weighted by molar-refractivity contribution is 0.0522. The third-order valence-electron chi connectivity index (χ3n) is 1.74. The first kappa shape index (κ1) is 12.8. The van der Waals surface area contributed by atoms with Gasteiger partial charge in [0, 0.05) is 8.47 Å². The van der Waals surface area contributed by atoms with Crippen molar-refractivity contribution in [2.75, 3.05) is 12.4 Å². The lowest BCUT2D eigenvalue weighted by Gasteiger charge is -2.07. The van der Waals surface area contributed by atoms with Gasteiger partial charge in [-0.2, -0.15) is 0 Å². The van der Waals surface area contributed by atoms with Crippen molar-refractivity contribution in [1.29, 1.82) is 0 Å². The smallest absolute Gasteiger partial charge is 0.339 e. The highest BCUT2D eigenvalue weighted by Crippen LogP contribution is 2.25. The van der Waals surface area contributed by atoms with Gasteiger partial charge in [0.05, 0.1) is 12.2 Å². The minimum Gasteiger partial charge on any atom is -0.462 e. The number of ether oxygens (including phenoxy) is 1. The van der Waals surface area contributed by atoms with E-state index in [2.05, 4.69) is 29.5 Å². The number of esters is 1. The molecule has 2 nitrogen and oxygen atoms in total. The summed E-state index contributed by atoms with van der Waals surface area (Å²) < 4.78 is 6.14. The topological polar surface area (TPSA) is 26.3 Å². The number of thioether (sulfide) groups is 1. The normalized spacial score (nSPS) is 10.1. The zero-order valence-electron chi connectivity index (χ0n) is 8.75. The molecule has 1 aromatic carbocycles. The molecule has 4 heteroatoms. The summed E-state index contributed by atoms with van der Waals surface area (Å²) in [7, 11) is 0. The summed E-state index contributed by atoms with van der Waals surface area (Å²) in [6.07, 6.45) is 0.